The highest BCUT2D eigenvalue weighted by molar-refractivity contribution is 5.85. The van der Waals surface area contributed by atoms with Crippen molar-refractivity contribution in [2.45, 2.75) is 45.2 Å². The molecular weight excluding hydrogens is 340 g/mol. The normalized spacial score (nSPS) is 18.4. The Morgan fingerprint density at radius 2 is 2.17 bits per heavy atom. The minimum atomic E-state index is -0.213. The smallest absolute Gasteiger partial charge is 0.221 e. The zero-order valence-electron chi connectivity index (χ0n) is 13.5. The van der Waals surface area contributed by atoms with Crippen molar-refractivity contribution in [1.82, 2.24) is 5.32 Å². The first kappa shape index (κ1) is 22.0. The van der Waals surface area contributed by atoms with Gasteiger partial charge in [-0.05, 0) is 50.5 Å². The third-order valence-electron chi connectivity index (χ3n) is 3.79. The summed E-state index contributed by atoms with van der Waals surface area (Å²) < 4.78 is 13.2. The van der Waals surface area contributed by atoms with Gasteiger partial charge in [0.15, 0.2) is 0 Å². The van der Waals surface area contributed by atoms with Crippen LogP contribution < -0.4 is 16.0 Å². The number of anilines is 1. The molecule has 1 aromatic rings. The lowest BCUT2D eigenvalue weighted by Crippen LogP contribution is -2.48. The summed E-state index contributed by atoms with van der Waals surface area (Å²) in [4.78, 5) is 14.0. The molecular formula is C16H26Cl2FN3O. The summed E-state index contributed by atoms with van der Waals surface area (Å²) in [7, 11) is 0. The lowest BCUT2D eigenvalue weighted by molar-refractivity contribution is -0.122. The number of hydrogen-bond acceptors (Lipinski definition) is 3. The summed E-state index contributed by atoms with van der Waals surface area (Å²) in [6, 6.07) is 4.86. The quantitative estimate of drug-likeness (QED) is 0.862. The summed E-state index contributed by atoms with van der Waals surface area (Å²) in [5.41, 5.74) is 7.62. The van der Waals surface area contributed by atoms with Gasteiger partial charge in [0.05, 0.1) is 0 Å². The zero-order chi connectivity index (χ0) is 15.4. The van der Waals surface area contributed by atoms with E-state index in [9.17, 15) is 9.18 Å². The van der Waals surface area contributed by atoms with Crippen molar-refractivity contribution in [3.8, 4) is 0 Å². The fourth-order valence-corrected chi connectivity index (χ4v) is 2.87. The standard InChI is InChI=1S/C16H24FN3O.2ClH/c1-11-8-13(17)5-6-15(11)20-7-3-4-14(10-20)19-16(21)9-12(2)18;;/h5-6,8,12,14H,3-4,7,9-10,18H2,1-2H3,(H,19,21);2*1H. The SMILES string of the molecule is Cc1cc(F)ccc1N1CCCC(NC(=O)CC(C)N)C1.Cl.Cl. The molecule has 1 aromatic carbocycles. The second kappa shape index (κ2) is 9.96. The highest BCUT2D eigenvalue weighted by Gasteiger charge is 2.22. The van der Waals surface area contributed by atoms with E-state index in [2.05, 4.69) is 10.2 Å². The van der Waals surface area contributed by atoms with Crippen LogP contribution >= 0.6 is 24.8 Å². The van der Waals surface area contributed by atoms with Gasteiger partial charge in [-0.2, -0.15) is 0 Å². The van der Waals surface area contributed by atoms with E-state index in [-0.39, 0.29) is 48.6 Å². The predicted octanol–water partition coefficient (Wildman–Crippen LogP) is 2.80. The summed E-state index contributed by atoms with van der Waals surface area (Å²) in [5, 5.41) is 3.05. The van der Waals surface area contributed by atoms with Crippen LogP contribution in [0.25, 0.3) is 0 Å². The van der Waals surface area contributed by atoms with Crippen LogP contribution in [0.3, 0.4) is 0 Å². The first-order valence-electron chi connectivity index (χ1n) is 7.51. The Kier molecular flexibility index (Phi) is 9.51. The van der Waals surface area contributed by atoms with Gasteiger partial charge in [0.1, 0.15) is 5.82 Å². The molecule has 2 atom stereocenters. The number of amides is 1. The molecule has 132 valence electrons. The van der Waals surface area contributed by atoms with Crippen molar-refractivity contribution in [3.63, 3.8) is 0 Å². The van der Waals surface area contributed by atoms with Gasteiger partial charge in [0, 0.05) is 37.3 Å². The van der Waals surface area contributed by atoms with Gasteiger partial charge in [0.25, 0.3) is 0 Å². The summed E-state index contributed by atoms with van der Waals surface area (Å²) >= 11 is 0. The van der Waals surface area contributed by atoms with E-state index >= 15 is 0 Å². The van der Waals surface area contributed by atoms with E-state index in [1.54, 1.807) is 6.07 Å². The van der Waals surface area contributed by atoms with Crippen LogP contribution in [0.2, 0.25) is 0 Å². The van der Waals surface area contributed by atoms with Crippen molar-refractivity contribution in [1.29, 1.82) is 0 Å². The second-order valence-electron chi connectivity index (χ2n) is 5.96. The molecule has 23 heavy (non-hydrogen) atoms. The number of halogens is 3. The molecule has 2 rings (SSSR count). The largest absolute Gasteiger partial charge is 0.369 e. The van der Waals surface area contributed by atoms with Crippen molar-refractivity contribution < 1.29 is 9.18 Å². The highest BCUT2D eigenvalue weighted by Crippen LogP contribution is 2.24. The minimum Gasteiger partial charge on any atom is -0.369 e. The third-order valence-corrected chi connectivity index (χ3v) is 3.79. The van der Waals surface area contributed by atoms with E-state index in [0.29, 0.717) is 6.42 Å². The topological polar surface area (TPSA) is 58.4 Å². The molecule has 0 spiro atoms. The number of nitrogens with two attached hydrogens (primary N) is 1. The number of nitrogens with one attached hydrogen (secondary N) is 1. The van der Waals surface area contributed by atoms with Gasteiger partial charge in [-0.25, -0.2) is 4.39 Å². The zero-order valence-corrected chi connectivity index (χ0v) is 15.2. The Hall–Kier alpha value is -1.04. The molecule has 1 saturated heterocycles. The van der Waals surface area contributed by atoms with Gasteiger partial charge < -0.3 is 16.0 Å². The minimum absolute atomic E-state index is 0. The van der Waals surface area contributed by atoms with Crippen molar-refractivity contribution in [3.05, 3.63) is 29.6 Å². The molecule has 1 aliphatic heterocycles. The first-order chi connectivity index (χ1) is 9.95. The van der Waals surface area contributed by atoms with E-state index in [1.807, 2.05) is 19.9 Å². The van der Waals surface area contributed by atoms with E-state index in [4.69, 9.17) is 5.73 Å². The van der Waals surface area contributed by atoms with Crippen LogP contribution in [0.1, 0.15) is 31.7 Å². The first-order valence-corrected chi connectivity index (χ1v) is 7.51. The van der Waals surface area contributed by atoms with Crippen molar-refractivity contribution in [2.75, 3.05) is 18.0 Å². The number of rotatable bonds is 4. The second-order valence-corrected chi connectivity index (χ2v) is 5.96. The Morgan fingerprint density at radius 1 is 1.48 bits per heavy atom. The maximum Gasteiger partial charge on any atom is 0.221 e. The van der Waals surface area contributed by atoms with E-state index < -0.39 is 0 Å². The Labute approximate surface area is 149 Å². The fraction of sp³-hybridized carbons (Fsp3) is 0.562. The summed E-state index contributed by atoms with van der Waals surface area (Å²) in [5.74, 6) is -0.206. The van der Waals surface area contributed by atoms with Crippen LogP contribution in [0.15, 0.2) is 18.2 Å². The molecule has 0 aromatic heterocycles. The molecule has 0 radical (unpaired) electrons. The molecule has 1 fully saturated rings. The molecule has 1 amide bonds. The fourth-order valence-electron chi connectivity index (χ4n) is 2.87. The third kappa shape index (κ3) is 6.53. The van der Waals surface area contributed by atoms with E-state index in [1.165, 1.54) is 6.07 Å². The molecule has 4 nitrogen and oxygen atoms in total. The van der Waals surface area contributed by atoms with Crippen LogP contribution in [-0.4, -0.2) is 31.1 Å². The average Bonchev–Trinajstić information content (AvgIpc) is 2.37. The molecule has 1 heterocycles. The monoisotopic (exact) mass is 365 g/mol. The number of benzene rings is 1. The highest BCUT2D eigenvalue weighted by atomic mass is 35.5. The Balaban J connectivity index is 0.00000242. The number of piperidine rings is 1. The van der Waals surface area contributed by atoms with Gasteiger partial charge >= 0.3 is 0 Å². The van der Waals surface area contributed by atoms with Gasteiger partial charge in [-0.3, -0.25) is 4.79 Å². The molecule has 2 unspecified atom stereocenters. The van der Waals surface area contributed by atoms with Crippen LogP contribution in [-0.2, 0) is 4.79 Å². The van der Waals surface area contributed by atoms with Crippen LogP contribution in [0.5, 0.6) is 0 Å². The lowest BCUT2D eigenvalue weighted by atomic mass is 10.0. The maximum atomic E-state index is 13.2. The molecule has 3 N–H and O–H groups in total. The van der Waals surface area contributed by atoms with Gasteiger partial charge in [-0.1, -0.05) is 0 Å². The molecule has 0 aliphatic carbocycles. The Morgan fingerprint density at radius 3 is 2.78 bits per heavy atom. The summed E-state index contributed by atoms with van der Waals surface area (Å²) in [6.45, 7) is 5.44. The van der Waals surface area contributed by atoms with E-state index in [0.717, 1.165) is 37.2 Å². The lowest BCUT2D eigenvalue weighted by Gasteiger charge is -2.35. The molecule has 7 heteroatoms. The number of nitrogens with zero attached hydrogens (tertiary/aromatic N) is 1. The average molecular weight is 366 g/mol. The Bertz CT molecular complexity index is 514. The number of aryl methyl sites for hydroxylation is 1. The predicted molar refractivity (Wildman–Crippen MR) is 97.3 cm³/mol. The summed E-state index contributed by atoms with van der Waals surface area (Å²) in [6.07, 6.45) is 2.34. The maximum absolute atomic E-state index is 13.2. The molecule has 0 saturated carbocycles. The van der Waals surface area contributed by atoms with Crippen molar-refractivity contribution >= 4 is 36.4 Å². The molecule has 0 bridgehead atoms. The van der Waals surface area contributed by atoms with Crippen molar-refractivity contribution in [2.24, 2.45) is 5.73 Å². The number of carbonyl (C=O) groups is 1. The van der Waals surface area contributed by atoms with Crippen LogP contribution in [0, 0.1) is 12.7 Å². The molecule has 1 aliphatic rings. The van der Waals surface area contributed by atoms with Gasteiger partial charge in [0.2, 0.25) is 5.91 Å². The van der Waals surface area contributed by atoms with Gasteiger partial charge in [-0.15, -0.1) is 24.8 Å². The number of hydrogen-bond donors (Lipinski definition) is 2. The van der Waals surface area contributed by atoms with Crippen LogP contribution in [0.4, 0.5) is 10.1 Å². The number of carbonyl (C=O) groups excluding carboxylic acids is 1.